The van der Waals surface area contributed by atoms with Crippen molar-refractivity contribution in [2.45, 2.75) is 12.8 Å². The van der Waals surface area contributed by atoms with Crippen molar-refractivity contribution in [2.24, 2.45) is 0 Å². The van der Waals surface area contributed by atoms with Crippen LogP contribution in [0.5, 0.6) is 0 Å². The molecule has 4 aromatic rings. The SMILES string of the molecule is [C-]1=C(Cc2ccccc2)c2cc3ccccc3cc2C1.[CH3-].[CH3-].[CH3-].[CH3-].[CH3-].[CH3-].[CH3-].[Hf].c1cc[cH-]c1. The molecule has 0 heterocycles. The first kappa shape index (κ1) is 41.2. The molecular weight excluding hydrogens is 563 g/mol. The fourth-order valence-corrected chi connectivity index (χ4v) is 3.29. The topological polar surface area (TPSA) is 0 Å². The van der Waals surface area contributed by atoms with E-state index in [9.17, 15) is 0 Å². The van der Waals surface area contributed by atoms with Crippen LogP contribution in [0.25, 0.3) is 16.3 Å². The third-order valence-electron chi connectivity index (χ3n) is 4.57. The van der Waals surface area contributed by atoms with E-state index in [4.69, 9.17) is 0 Å². The predicted molar refractivity (Wildman–Crippen MR) is 151 cm³/mol. The molecule has 1 heteroatoms. The number of hydrogen-bond donors (Lipinski definition) is 0. The summed E-state index contributed by atoms with van der Waals surface area (Å²) in [6.45, 7) is 0. The van der Waals surface area contributed by atoms with E-state index >= 15 is 0 Å². The number of rotatable bonds is 2. The number of allylic oxidation sites excluding steroid dienone is 2. The largest absolute Gasteiger partial charge is 0.358 e. The van der Waals surface area contributed by atoms with Crippen LogP contribution in [0.1, 0.15) is 16.7 Å². The molecule has 182 valence electrons. The second-order valence-corrected chi connectivity index (χ2v) is 6.31. The van der Waals surface area contributed by atoms with E-state index < -0.39 is 0 Å². The molecule has 0 N–H and O–H groups in total. The van der Waals surface area contributed by atoms with Gasteiger partial charge in [-0.25, -0.2) is 17.7 Å². The van der Waals surface area contributed by atoms with Crippen LogP contribution >= 0.6 is 0 Å². The molecule has 0 radical (unpaired) electrons. The van der Waals surface area contributed by atoms with Gasteiger partial charge in [0.2, 0.25) is 0 Å². The Morgan fingerprint density at radius 2 is 1.15 bits per heavy atom. The maximum atomic E-state index is 3.56. The molecule has 0 fully saturated rings. The Kier molecular flexibility index (Phi) is 25.6. The van der Waals surface area contributed by atoms with Crippen LogP contribution in [0.15, 0.2) is 97.1 Å². The molecule has 0 saturated heterocycles. The molecule has 0 amide bonds. The quantitative estimate of drug-likeness (QED) is 0.158. The minimum atomic E-state index is 0. The van der Waals surface area contributed by atoms with E-state index in [1.165, 1.54) is 33.0 Å². The minimum Gasteiger partial charge on any atom is -0.358 e. The van der Waals surface area contributed by atoms with E-state index in [0.717, 1.165) is 12.8 Å². The van der Waals surface area contributed by atoms with Crippen LogP contribution in [0.2, 0.25) is 0 Å². The Morgan fingerprint density at radius 3 is 1.67 bits per heavy atom. The van der Waals surface area contributed by atoms with Crippen LogP contribution in [0.3, 0.4) is 0 Å². The van der Waals surface area contributed by atoms with Crippen molar-refractivity contribution in [2.75, 3.05) is 0 Å². The van der Waals surface area contributed by atoms with Crippen molar-refractivity contribution in [3.8, 4) is 0 Å². The molecule has 0 spiro atoms. The Hall–Kier alpha value is -2.12. The normalized spacial score (nSPS) is 9.27. The van der Waals surface area contributed by atoms with Crippen LogP contribution in [-0.4, -0.2) is 0 Å². The summed E-state index contributed by atoms with van der Waals surface area (Å²) in [6, 6.07) is 33.9. The van der Waals surface area contributed by atoms with E-state index in [1.54, 1.807) is 0 Å². The summed E-state index contributed by atoms with van der Waals surface area (Å²) < 4.78 is 0. The van der Waals surface area contributed by atoms with Gasteiger partial charge in [0.1, 0.15) is 0 Å². The molecule has 0 bridgehead atoms. The van der Waals surface area contributed by atoms with Gasteiger partial charge in [-0.3, -0.25) is 6.08 Å². The Balaban J connectivity index is -0.000000182. The molecule has 1 aliphatic carbocycles. The monoisotopic (exact) mass is 605 g/mol. The summed E-state index contributed by atoms with van der Waals surface area (Å²) in [5.74, 6) is 0. The van der Waals surface area contributed by atoms with Crippen molar-refractivity contribution in [1.29, 1.82) is 0 Å². The third-order valence-corrected chi connectivity index (χ3v) is 4.57. The fraction of sp³-hybridized carbons (Fsp3) is 0.0625. The predicted octanol–water partition coefficient (Wildman–Crippen LogP) is 9.38. The maximum Gasteiger partial charge on any atom is 0 e. The van der Waals surface area contributed by atoms with Crippen LogP contribution in [0, 0.1) is 58.1 Å². The molecular formula is C32H41Hf-9. The molecule has 0 unspecified atom stereocenters. The Morgan fingerprint density at radius 1 is 0.636 bits per heavy atom. The van der Waals surface area contributed by atoms with Gasteiger partial charge >= 0.3 is 0 Å². The van der Waals surface area contributed by atoms with E-state index in [1.807, 2.05) is 30.3 Å². The number of benzene rings is 3. The first-order valence-corrected chi connectivity index (χ1v) is 8.72. The molecule has 0 aromatic heterocycles. The van der Waals surface area contributed by atoms with Crippen molar-refractivity contribution in [3.63, 3.8) is 0 Å². The van der Waals surface area contributed by atoms with Crippen molar-refractivity contribution < 1.29 is 25.8 Å². The smallest absolute Gasteiger partial charge is 0 e. The maximum absolute atomic E-state index is 3.56. The van der Waals surface area contributed by atoms with E-state index in [-0.39, 0.29) is 77.8 Å². The summed E-state index contributed by atoms with van der Waals surface area (Å²) in [6.07, 6.45) is 5.49. The zero-order valence-corrected chi connectivity index (χ0v) is 25.2. The van der Waals surface area contributed by atoms with Gasteiger partial charge in [0, 0.05) is 25.8 Å². The Labute approximate surface area is 225 Å². The second-order valence-electron chi connectivity index (χ2n) is 6.31. The first-order valence-electron chi connectivity index (χ1n) is 8.72. The average Bonchev–Trinajstić information content (AvgIpc) is 3.35. The van der Waals surface area contributed by atoms with E-state index in [0.29, 0.717) is 0 Å². The average molecular weight is 604 g/mol. The van der Waals surface area contributed by atoms with Gasteiger partial charge in [-0.05, 0) is 22.8 Å². The van der Waals surface area contributed by atoms with Gasteiger partial charge in [-0.15, -0.1) is 18.1 Å². The molecule has 0 saturated carbocycles. The number of fused-ring (bicyclic) bond motifs is 2. The number of hydrogen-bond acceptors (Lipinski definition) is 0. The van der Waals surface area contributed by atoms with Gasteiger partial charge < -0.3 is 52.0 Å². The zero-order chi connectivity index (χ0) is 16.9. The van der Waals surface area contributed by atoms with Crippen LogP contribution in [-0.2, 0) is 38.7 Å². The van der Waals surface area contributed by atoms with Crippen LogP contribution < -0.4 is 0 Å². The zero-order valence-electron chi connectivity index (χ0n) is 21.7. The first-order chi connectivity index (χ1) is 12.4. The minimum absolute atomic E-state index is 0. The summed E-state index contributed by atoms with van der Waals surface area (Å²) >= 11 is 0. The molecule has 1 aliphatic rings. The van der Waals surface area contributed by atoms with Gasteiger partial charge in [0.15, 0.2) is 0 Å². The fourth-order valence-electron chi connectivity index (χ4n) is 3.29. The summed E-state index contributed by atoms with van der Waals surface area (Å²) in [5, 5.41) is 2.65. The summed E-state index contributed by atoms with van der Waals surface area (Å²) in [4.78, 5) is 0. The van der Waals surface area contributed by atoms with Crippen molar-refractivity contribution in [3.05, 3.63) is 172 Å². The summed E-state index contributed by atoms with van der Waals surface area (Å²) in [7, 11) is 0. The van der Waals surface area contributed by atoms with Crippen LogP contribution in [0.4, 0.5) is 0 Å². The standard InChI is InChI=1S/C20H15.C5H5.7CH3.Hf/c1-2-6-15(7-3-1)12-18-10-11-19-13-16-8-4-5-9-17(16)14-20(18)19;1-2-4-5-3-1;;;;;;;;/h1-9,13-14H,11-12H2;1-5H;7*1H3;/q9*-1;. The second kappa shape index (κ2) is 20.5. The van der Waals surface area contributed by atoms with Gasteiger partial charge in [0.05, 0.1) is 0 Å². The van der Waals surface area contributed by atoms with Crippen molar-refractivity contribution >= 4 is 16.3 Å². The van der Waals surface area contributed by atoms with Crippen molar-refractivity contribution in [1.82, 2.24) is 0 Å². The third kappa shape index (κ3) is 10.6. The molecule has 0 atom stereocenters. The molecule has 0 aliphatic heterocycles. The molecule has 5 rings (SSSR count). The molecule has 0 nitrogen and oxygen atoms in total. The van der Waals surface area contributed by atoms with Gasteiger partial charge in [0.25, 0.3) is 0 Å². The van der Waals surface area contributed by atoms with Gasteiger partial charge in [-0.1, -0.05) is 60.7 Å². The molecule has 4 aromatic carbocycles. The Bertz CT molecular complexity index is 962. The summed E-state index contributed by atoms with van der Waals surface area (Å²) in [5.41, 5.74) is 5.50. The van der Waals surface area contributed by atoms with E-state index in [2.05, 4.69) is 72.8 Å². The molecule has 33 heavy (non-hydrogen) atoms. The van der Waals surface area contributed by atoms with Gasteiger partial charge in [-0.2, -0.15) is 23.8 Å².